The Labute approximate surface area is 109 Å². The number of furan rings is 1. The Bertz CT molecular complexity index is 580. The van der Waals surface area contributed by atoms with Gasteiger partial charge in [0.1, 0.15) is 5.76 Å². The summed E-state index contributed by atoms with van der Waals surface area (Å²) in [4.78, 5) is 0. The number of nitrogens with one attached hydrogen (secondary N) is 1. The van der Waals surface area contributed by atoms with Crippen molar-refractivity contribution in [2.24, 2.45) is 0 Å². The molecule has 0 spiro atoms. The van der Waals surface area contributed by atoms with E-state index >= 15 is 0 Å². The topological polar surface area (TPSA) is 25.2 Å². The Balaban J connectivity index is 2.52. The molecule has 0 amide bonds. The highest BCUT2D eigenvalue weighted by atomic mass is 19.2. The van der Waals surface area contributed by atoms with Crippen molar-refractivity contribution in [1.29, 1.82) is 0 Å². The first-order valence-electron chi connectivity index (χ1n) is 5.97. The van der Waals surface area contributed by atoms with Crippen LogP contribution in [0.5, 0.6) is 0 Å². The normalized spacial score (nSPS) is 12.7. The van der Waals surface area contributed by atoms with Gasteiger partial charge < -0.3 is 9.73 Å². The van der Waals surface area contributed by atoms with Crippen LogP contribution in [-0.4, -0.2) is 6.54 Å². The van der Waals surface area contributed by atoms with Gasteiger partial charge in [-0.2, -0.15) is 0 Å². The fourth-order valence-electron chi connectivity index (χ4n) is 1.99. The zero-order chi connectivity index (χ0) is 14.0. The zero-order valence-electron chi connectivity index (χ0n) is 10.6. The minimum atomic E-state index is -1.47. The molecule has 0 bridgehead atoms. The molecule has 102 valence electrons. The molecule has 2 aromatic rings. The van der Waals surface area contributed by atoms with E-state index in [1.165, 1.54) is 12.3 Å². The predicted molar refractivity (Wildman–Crippen MR) is 65.3 cm³/mol. The van der Waals surface area contributed by atoms with Gasteiger partial charge in [-0.3, -0.25) is 0 Å². The molecule has 1 unspecified atom stereocenters. The molecule has 1 N–H and O–H groups in total. The molecule has 1 aromatic heterocycles. The van der Waals surface area contributed by atoms with E-state index in [9.17, 15) is 13.2 Å². The van der Waals surface area contributed by atoms with Gasteiger partial charge in [0.2, 0.25) is 0 Å². The minimum Gasteiger partial charge on any atom is -0.467 e. The predicted octanol–water partition coefficient (Wildman–Crippen LogP) is 3.70. The molecule has 0 saturated heterocycles. The zero-order valence-corrected chi connectivity index (χ0v) is 10.6. The number of halogens is 3. The molecular formula is C14H14F3NO. The lowest BCUT2D eigenvalue weighted by molar-refractivity contribution is 0.411. The maximum absolute atomic E-state index is 13.9. The van der Waals surface area contributed by atoms with Crippen LogP contribution in [0.1, 0.15) is 29.9 Å². The highest BCUT2D eigenvalue weighted by molar-refractivity contribution is 5.32. The SMILES string of the molecule is CCNC(c1ccc(F)c(F)c1F)c1occc1C. The lowest BCUT2D eigenvalue weighted by atomic mass is 10.0. The van der Waals surface area contributed by atoms with Crippen molar-refractivity contribution >= 4 is 0 Å². The first kappa shape index (κ1) is 13.7. The van der Waals surface area contributed by atoms with Gasteiger partial charge in [0, 0.05) is 5.56 Å². The van der Waals surface area contributed by atoms with Crippen LogP contribution in [0.4, 0.5) is 13.2 Å². The number of benzene rings is 1. The number of hydrogen-bond donors (Lipinski definition) is 1. The maximum atomic E-state index is 13.9. The van der Waals surface area contributed by atoms with Gasteiger partial charge in [-0.15, -0.1) is 0 Å². The molecule has 0 fully saturated rings. The third kappa shape index (κ3) is 2.51. The highest BCUT2D eigenvalue weighted by Gasteiger charge is 2.24. The quantitative estimate of drug-likeness (QED) is 0.856. The Morgan fingerprint density at radius 3 is 2.47 bits per heavy atom. The monoisotopic (exact) mass is 269 g/mol. The fourth-order valence-corrected chi connectivity index (χ4v) is 1.99. The van der Waals surface area contributed by atoms with E-state index in [1.54, 1.807) is 13.0 Å². The minimum absolute atomic E-state index is 0.0267. The molecule has 1 heterocycles. The van der Waals surface area contributed by atoms with E-state index in [0.29, 0.717) is 12.3 Å². The molecule has 19 heavy (non-hydrogen) atoms. The van der Waals surface area contributed by atoms with Crippen molar-refractivity contribution < 1.29 is 17.6 Å². The summed E-state index contributed by atoms with van der Waals surface area (Å²) >= 11 is 0. The third-order valence-electron chi connectivity index (χ3n) is 2.95. The molecule has 2 rings (SSSR count). The first-order chi connectivity index (χ1) is 9.06. The van der Waals surface area contributed by atoms with Crippen molar-refractivity contribution in [3.05, 3.63) is 58.8 Å². The molecule has 1 atom stereocenters. The van der Waals surface area contributed by atoms with E-state index in [-0.39, 0.29) is 5.56 Å². The summed E-state index contributed by atoms with van der Waals surface area (Å²) in [5, 5.41) is 3.01. The molecule has 2 nitrogen and oxygen atoms in total. The van der Waals surface area contributed by atoms with Crippen LogP contribution in [0.2, 0.25) is 0 Å². The Hall–Kier alpha value is -1.75. The lowest BCUT2D eigenvalue weighted by Crippen LogP contribution is -2.23. The van der Waals surface area contributed by atoms with Gasteiger partial charge in [-0.1, -0.05) is 13.0 Å². The van der Waals surface area contributed by atoms with Gasteiger partial charge >= 0.3 is 0 Å². The largest absolute Gasteiger partial charge is 0.467 e. The van der Waals surface area contributed by atoms with Gasteiger partial charge in [0.05, 0.1) is 12.3 Å². The van der Waals surface area contributed by atoms with Crippen molar-refractivity contribution in [2.45, 2.75) is 19.9 Å². The molecular weight excluding hydrogens is 255 g/mol. The first-order valence-corrected chi connectivity index (χ1v) is 5.97. The van der Waals surface area contributed by atoms with Crippen LogP contribution in [-0.2, 0) is 0 Å². The Morgan fingerprint density at radius 1 is 1.16 bits per heavy atom. The third-order valence-corrected chi connectivity index (χ3v) is 2.95. The van der Waals surface area contributed by atoms with Crippen LogP contribution < -0.4 is 5.32 Å². The summed E-state index contributed by atoms with van der Waals surface area (Å²) in [6, 6.07) is 3.23. The second-order valence-electron chi connectivity index (χ2n) is 4.22. The molecule has 0 aliphatic carbocycles. The molecule has 0 radical (unpaired) electrons. The van der Waals surface area contributed by atoms with E-state index in [0.717, 1.165) is 11.6 Å². The second kappa shape index (κ2) is 5.48. The molecule has 1 aromatic carbocycles. The summed E-state index contributed by atoms with van der Waals surface area (Å²) in [6.07, 6.45) is 1.48. The number of aryl methyl sites for hydroxylation is 1. The van der Waals surface area contributed by atoms with E-state index in [1.807, 2.05) is 6.92 Å². The average molecular weight is 269 g/mol. The Morgan fingerprint density at radius 2 is 1.89 bits per heavy atom. The van der Waals surface area contributed by atoms with Gasteiger partial charge in [0.15, 0.2) is 17.5 Å². The highest BCUT2D eigenvalue weighted by Crippen LogP contribution is 2.29. The van der Waals surface area contributed by atoms with Gasteiger partial charge in [-0.25, -0.2) is 13.2 Å². The molecule has 0 aliphatic rings. The summed E-state index contributed by atoms with van der Waals surface area (Å²) in [5.74, 6) is -3.37. The summed E-state index contributed by atoms with van der Waals surface area (Å²) < 4.78 is 45.5. The van der Waals surface area contributed by atoms with E-state index in [2.05, 4.69) is 5.32 Å². The van der Waals surface area contributed by atoms with E-state index < -0.39 is 23.5 Å². The average Bonchev–Trinajstić information content (AvgIpc) is 2.80. The molecule has 5 heteroatoms. The van der Waals surface area contributed by atoms with Crippen LogP contribution >= 0.6 is 0 Å². The van der Waals surface area contributed by atoms with Crippen molar-refractivity contribution in [1.82, 2.24) is 5.32 Å². The number of rotatable bonds is 4. The van der Waals surface area contributed by atoms with E-state index in [4.69, 9.17) is 4.42 Å². The standard InChI is InChI=1S/C14H14F3NO/c1-3-18-13(14-8(2)6-7-19-14)9-4-5-10(15)12(17)11(9)16/h4-7,13,18H,3H2,1-2H3. The summed E-state index contributed by atoms with van der Waals surface area (Å²) in [6.45, 7) is 4.17. The molecule has 0 saturated carbocycles. The van der Waals surface area contributed by atoms with Crippen molar-refractivity contribution in [3.8, 4) is 0 Å². The van der Waals surface area contributed by atoms with Crippen LogP contribution in [0.3, 0.4) is 0 Å². The maximum Gasteiger partial charge on any atom is 0.194 e. The van der Waals surface area contributed by atoms with Gasteiger partial charge in [0.25, 0.3) is 0 Å². The van der Waals surface area contributed by atoms with Crippen LogP contribution in [0.25, 0.3) is 0 Å². The summed E-state index contributed by atoms with van der Waals surface area (Å²) in [7, 11) is 0. The second-order valence-corrected chi connectivity index (χ2v) is 4.22. The Kier molecular flexibility index (Phi) is 3.95. The fraction of sp³-hybridized carbons (Fsp3) is 0.286. The molecule has 0 aliphatic heterocycles. The lowest BCUT2D eigenvalue weighted by Gasteiger charge is -2.18. The van der Waals surface area contributed by atoms with Gasteiger partial charge in [-0.05, 0) is 31.2 Å². The smallest absolute Gasteiger partial charge is 0.194 e. The number of hydrogen-bond acceptors (Lipinski definition) is 2. The van der Waals surface area contributed by atoms with Crippen molar-refractivity contribution in [2.75, 3.05) is 6.54 Å². The van der Waals surface area contributed by atoms with Crippen LogP contribution in [0, 0.1) is 24.4 Å². The van der Waals surface area contributed by atoms with Crippen LogP contribution in [0.15, 0.2) is 28.9 Å². The van der Waals surface area contributed by atoms with Crippen molar-refractivity contribution in [3.63, 3.8) is 0 Å². The summed E-state index contributed by atoms with van der Waals surface area (Å²) in [5.41, 5.74) is 0.842.